The van der Waals surface area contributed by atoms with Crippen molar-refractivity contribution in [2.75, 3.05) is 5.32 Å². The summed E-state index contributed by atoms with van der Waals surface area (Å²) >= 11 is 0. The Balaban J connectivity index is 1.75. The van der Waals surface area contributed by atoms with Gasteiger partial charge in [0, 0.05) is 17.0 Å². The van der Waals surface area contributed by atoms with Crippen LogP contribution in [0.5, 0.6) is 0 Å². The Morgan fingerprint density at radius 3 is 2.20 bits per heavy atom. The third-order valence-electron chi connectivity index (χ3n) is 4.09. The molecule has 0 bridgehead atoms. The number of hydrogen-bond acceptors (Lipinski definition) is 4. The van der Waals surface area contributed by atoms with Crippen molar-refractivity contribution in [2.45, 2.75) is 18.5 Å². The van der Waals surface area contributed by atoms with Crippen molar-refractivity contribution < 1.29 is 14.5 Å². The molecule has 2 N–H and O–H groups in total. The quantitative estimate of drug-likeness (QED) is 0.622. The van der Waals surface area contributed by atoms with Crippen molar-refractivity contribution in [1.29, 1.82) is 0 Å². The van der Waals surface area contributed by atoms with Crippen molar-refractivity contribution in [1.82, 2.24) is 5.32 Å². The molecular weight excluding hydrogens is 322 g/mol. The minimum Gasteiger partial charge on any atom is -0.340 e. The molecule has 2 amide bonds. The van der Waals surface area contributed by atoms with E-state index < -0.39 is 34.7 Å². The summed E-state index contributed by atoms with van der Waals surface area (Å²) in [6.07, 6.45) is 0.209. The lowest BCUT2D eigenvalue weighted by atomic mass is 10.1. The summed E-state index contributed by atoms with van der Waals surface area (Å²) in [4.78, 5) is 35.2. The van der Waals surface area contributed by atoms with E-state index in [0.717, 1.165) is 0 Å². The standard InChI is InChI=1S/C18H17N3O4/c22-17(14-11-15(14)21(24)25)20-16(12-7-3-1-4-8-12)18(23)19-13-9-5-2-6-10-13/h1-10,14-16H,11H2,(H,19,23)(H,20,22)/t14-,15+,16-/m1/s1. The molecule has 0 aliphatic heterocycles. The van der Waals surface area contributed by atoms with Gasteiger partial charge in [-0.2, -0.15) is 0 Å². The van der Waals surface area contributed by atoms with Crippen LogP contribution >= 0.6 is 0 Å². The highest BCUT2D eigenvalue weighted by Crippen LogP contribution is 2.33. The molecule has 0 radical (unpaired) electrons. The van der Waals surface area contributed by atoms with Gasteiger partial charge in [-0.1, -0.05) is 48.5 Å². The normalized spacial score (nSPS) is 19.5. The Kier molecular flexibility index (Phi) is 4.74. The monoisotopic (exact) mass is 339 g/mol. The number of anilines is 1. The molecule has 3 atom stereocenters. The van der Waals surface area contributed by atoms with Crippen LogP contribution in [0.25, 0.3) is 0 Å². The van der Waals surface area contributed by atoms with E-state index in [4.69, 9.17) is 0 Å². The fourth-order valence-corrected chi connectivity index (χ4v) is 2.63. The second-order valence-electron chi connectivity index (χ2n) is 5.90. The van der Waals surface area contributed by atoms with Gasteiger partial charge in [0.15, 0.2) is 0 Å². The zero-order chi connectivity index (χ0) is 17.8. The summed E-state index contributed by atoms with van der Waals surface area (Å²) in [5.41, 5.74) is 1.22. The summed E-state index contributed by atoms with van der Waals surface area (Å²) in [6.45, 7) is 0. The lowest BCUT2D eigenvalue weighted by Gasteiger charge is -2.18. The highest BCUT2D eigenvalue weighted by Gasteiger charge is 2.53. The number of carbonyl (C=O) groups excluding carboxylic acids is 2. The zero-order valence-electron chi connectivity index (χ0n) is 13.3. The van der Waals surface area contributed by atoms with E-state index in [0.29, 0.717) is 11.3 Å². The van der Waals surface area contributed by atoms with E-state index >= 15 is 0 Å². The summed E-state index contributed by atoms with van der Waals surface area (Å²) < 4.78 is 0. The van der Waals surface area contributed by atoms with Gasteiger partial charge in [0.1, 0.15) is 12.0 Å². The third kappa shape index (κ3) is 4.00. The maximum absolute atomic E-state index is 12.6. The molecular formula is C18H17N3O4. The van der Waals surface area contributed by atoms with Crippen LogP contribution in [0, 0.1) is 16.0 Å². The van der Waals surface area contributed by atoms with Gasteiger partial charge in [0.2, 0.25) is 11.9 Å². The Morgan fingerprint density at radius 2 is 1.64 bits per heavy atom. The first kappa shape index (κ1) is 16.6. The van der Waals surface area contributed by atoms with Crippen LogP contribution in [0.4, 0.5) is 5.69 Å². The van der Waals surface area contributed by atoms with E-state index in [1.807, 2.05) is 6.07 Å². The summed E-state index contributed by atoms with van der Waals surface area (Å²) in [6, 6.07) is 15.9. The average molecular weight is 339 g/mol. The van der Waals surface area contributed by atoms with E-state index in [9.17, 15) is 19.7 Å². The van der Waals surface area contributed by atoms with Crippen LogP contribution in [-0.4, -0.2) is 22.8 Å². The maximum atomic E-state index is 12.6. The predicted molar refractivity (Wildman–Crippen MR) is 91.3 cm³/mol. The number of para-hydroxylation sites is 1. The molecule has 1 aliphatic carbocycles. The van der Waals surface area contributed by atoms with Crippen molar-refractivity contribution in [3.63, 3.8) is 0 Å². The number of rotatable bonds is 6. The van der Waals surface area contributed by atoms with Crippen LogP contribution in [0.1, 0.15) is 18.0 Å². The topological polar surface area (TPSA) is 101 Å². The number of nitro groups is 1. The second kappa shape index (κ2) is 7.12. The van der Waals surface area contributed by atoms with Crippen LogP contribution in [0.2, 0.25) is 0 Å². The molecule has 1 fully saturated rings. The molecule has 25 heavy (non-hydrogen) atoms. The number of hydrogen-bond donors (Lipinski definition) is 2. The minimum absolute atomic E-state index is 0.209. The summed E-state index contributed by atoms with van der Waals surface area (Å²) in [7, 11) is 0. The molecule has 2 aromatic rings. The van der Waals surface area contributed by atoms with Crippen LogP contribution in [-0.2, 0) is 9.59 Å². The lowest BCUT2D eigenvalue weighted by molar-refractivity contribution is -0.497. The Morgan fingerprint density at radius 1 is 1.04 bits per heavy atom. The van der Waals surface area contributed by atoms with Crippen molar-refractivity contribution in [3.8, 4) is 0 Å². The van der Waals surface area contributed by atoms with E-state index in [2.05, 4.69) is 10.6 Å². The fraction of sp³-hybridized carbons (Fsp3) is 0.222. The van der Waals surface area contributed by atoms with Gasteiger partial charge in [-0.25, -0.2) is 0 Å². The first-order chi connectivity index (χ1) is 12.1. The lowest BCUT2D eigenvalue weighted by Crippen LogP contribution is -2.38. The Bertz CT molecular complexity index is 779. The number of nitrogens with one attached hydrogen (secondary N) is 2. The number of amides is 2. The van der Waals surface area contributed by atoms with Gasteiger partial charge in [-0.15, -0.1) is 0 Å². The first-order valence-corrected chi connectivity index (χ1v) is 7.91. The Hall–Kier alpha value is -3.22. The molecule has 7 nitrogen and oxygen atoms in total. The SMILES string of the molecule is O=C(Nc1ccccc1)[C@H](NC(=O)[C@@H]1C[C@@H]1[N+](=O)[O-])c1ccccc1. The van der Waals surface area contributed by atoms with Gasteiger partial charge < -0.3 is 10.6 Å². The first-order valence-electron chi connectivity index (χ1n) is 7.91. The minimum atomic E-state index is -0.915. The number of benzene rings is 2. The molecule has 0 aromatic heterocycles. The molecule has 3 rings (SSSR count). The van der Waals surface area contributed by atoms with Gasteiger partial charge in [0.25, 0.3) is 5.91 Å². The van der Waals surface area contributed by atoms with E-state index in [1.165, 1.54) is 0 Å². The van der Waals surface area contributed by atoms with Crippen LogP contribution in [0.15, 0.2) is 60.7 Å². The summed E-state index contributed by atoms with van der Waals surface area (Å²) in [5.74, 6) is -1.55. The molecule has 128 valence electrons. The van der Waals surface area contributed by atoms with E-state index in [1.54, 1.807) is 54.6 Å². The average Bonchev–Trinajstić information content (AvgIpc) is 3.42. The van der Waals surface area contributed by atoms with Gasteiger partial charge in [-0.3, -0.25) is 19.7 Å². The highest BCUT2D eigenvalue weighted by atomic mass is 16.6. The molecule has 0 spiro atoms. The predicted octanol–water partition coefficient (Wildman–Crippen LogP) is 2.15. The van der Waals surface area contributed by atoms with Crippen LogP contribution < -0.4 is 10.6 Å². The number of carbonyl (C=O) groups is 2. The van der Waals surface area contributed by atoms with Gasteiger partial charge in [-0.05, 0) is 17.7 Å². The van der Waals surface area contributed by atoms with Crippen molar-refractivity contribution >= 4 is 17.5 Å². The third-order valence-corrected chi connectivity index (χ3v) is 4.09. The molecule has 1 saturated carbocycles. The van der Waals surface area contributed by atoms with Gasteiger partial charge >= 0.3 is 0 Å². The second-order valence-corrected chi connectivity index (χ2v) is 5.90. The Labute approximate surface area is 144 Å². The maximum Gasteiger partial charge on any atom is 0.251 e. The fourth-order valence-electron chi connectivity index (χ4n) is 2.63. The molecule has 2 aromatic carbocycles. The summed E-state index contributed by atoms with van der Waals surface area (Å²) in [5, 5.41) is 16.1. The molecule has 0 heterocycles. The smallest absolute Gasteiger partial charge is 0.251 e. The molecule has 0 unspecified atom stereocenters. The van der Waals surface area contributed by atoms with Crippen molar-refractivity contribution in [3.05, 3.63) is 76.3 Å². The largest absolute Gasteiger partial charge is 0.340 e. The van der Waals surface area contributed by atoms with Crippen LogP contribution in [0.3, 0.4) is 0 Å². The molecule has 0 saturated heterocycles. The van der Waals surface area contributed by atoms with Gasteiger partial charge in [0.05, 0.1) is 0 Å². The highest BCUT2D eigenvalue weighted by molar-refractivity contribution is 5.98. The number of nitrogens with zero attached hydrogens (tertiary/aromatic N) is 1. The van der Waals surface area contributed by atoms with Crippen molar-refractivity contribution in [2.24, 2.45) is 5.92 Å². The molecule has 7 heteroatoms. The van der Waals surface area contributed by atoms with E-state index in [-0.39, 0.29) is 6.42 Å². The molecule has 1 aliphatic rings. The zero-order valence-corrected chi connectivity index (χ0v) is 13.3.